The Hall–Kier alpha value is -0.730. The Morgan fingerprint density at radius 3 is 2.20 bits per heavy atom. The van der Waals surface area contributed by atoms with Crippen molar-refractivity contribution in [3.8, 4) is 5.75 Å². The zero-order chi connectivity index (χ0) is 11.5. The van der Waals surface area contributed by atoms with Crippen LogP contribution in [0.3, 0.4) is 0 Å². The zero-order valence-electron chi connectivity index (χ0n) is 9.46. The van der Waals surface area contributed by atoms with Gasteiger partial charge in [0.25, 0.3) is 0 Å². The standard InChI is InChI=1S/C12H18ClNO/c1-12(2,3)11(8-14)15-10-6-4-9(13)5-7-10/h4-7,11H,8,14H2,1-3H3. The van der Waals surface area contributed by atoms with E-state index in [9.17, 15) is 0 Å². The van der Waals surface area contributed by atoms with Gasteiger partial charge in [0.1, 0.15) is 11.9 Å². The van der Waals surface area contributed by atoms with Crippen molar-refractivity contribution in [3.63, 3.8) is 0 Å². The van der Waals surface area contributed by atoms with Gasteiger partial charge in [-0.3, -0.25) is 0 Å². The molecule has 3 heteroatoms. The lowest BCUT2D eigenvalue weighted by Crippen LogP contribution is -2.38. The van der Waals surface area contributed by atoms with Gasteiger partial charge in [-0.1, -0.05) is 32.4 Å². The number of benzene rings is 1. The van der Waals surface area contributed by atoms with E-state index in [2.05, 4.69) is 20.8 Å². The van der Waals surface area contributed by atoms with E-state index in [1.807, 2.05) is 24.3 Å². The number of ether oxygens (including phenoxy) is 1. The Labute approximate surface area is 96.4 Å². The van der Waals surface area contributed by atoms with Crippen LogP contribution < -0.4 is 10.5 Å². The summed E-state index contributed by atoms with van der Waals surface area (Å²) in [6.45, 7) is 6.84. The summed E-state index contributed by atoms with van der Waals surface area (Å²) in [5.74, 6) is 0.810. The molecule has 0 heterocycles. The lowest BCUT2D eigenvalue weighted by atomic mass is 9.89. The molecule has 0 bridgehead atoms. The summed E-state index contributed by atoms with van der Waals surface area (Å²) < 4.78 is 5.80. The van der Waals surface area contributed by atoms with Crippen molar-refractivity contribution in [3.05, 3.63) is 29.3 Å². The van der Waals surface area contributed by atoms with Gasteiger partial charge in [0.15, 0.2) is 0 Å². The molecular weight excluding hydrogens is 210 g/mol. The molecule has 0 aliphatic rings. The maximum Gasteiger partial charge on any atom is 0.119 e. The first-order valence-corrected chi connectivity index (χ1v) is 5.43. The lowest BCUT2D eigenvalue weighted by Gasteiger charge is -2.30. The molecule has 0 saturated carbocycles. The van der Waals surface area contributed by atoms with Crippen LogP contribution >= 0.6 is 11.6 Å². The molecular formula is C12H18ClNO. The Morgan fingerprint density at radius 1 is 1.27 bits per heavy atom. The van der Waals surface area contributed by atoms with Crippen LogP contribution in [0.25, 0.3) is 0 Å². The third kappa shape index (κ3) is 3.73. The van der Waals surface area contributed by atoms with E-state index in [1.54, 1.807) is 0 Å². The highest BCUT2D eigenvalue weighted by Gasteiger charge is 2.24. The van der Waals surface area contributed by atoms with Gasteiger partial charge in [-0.25, -0.2) is 0 Å². The molecule has 0 spiro atoms. The molecule has 1 atom stereocenters. The van der Waals surface area contributed by atoms with Crippen LogP contribution in [0, 0.1) is 5.41 Å². The van der Waals surface area contributed by atoms with E-state index in [4.69, 9.17) is 22.1 Å². The Morgan fingerprint density at radius 2 is 1.80 bits per heavy atom. The smallest absolute Gasteiger partial charge is 0.119 e. The van der Waals surface area contributed by atoms with Crippen molar-refractivity contribution in [1.29, 1.82) is 0 Å². The monoisotopic (exact) mass is 227 g/mol. The van der Waals surface area contributed by atoms with Crippen molar-refractivity contribution in [2.75, 3.05) is 6.54 Å². The lowest BCUT2D eigenvalue weighted by molar-refractivity contribution is 0.0942. The highest BCUT2D eigenvalue weighted by molar-refractivity contribution is 6.30. The van der Waals surface area contributed by atoms with E-state index in [0.29, 0.717) is 11.6 Å². The summed E-state index contributed by atoms with van der Waals surface area (Å²) in [4.78, 5) is 0. The van der Waals surface area contributed by atoms with Gasteiger partial charge in [0.05, 0.1) is 0 Å². The minimum absolute atomic E-state index is 0.0127. The van der Waals surface area contributed by atoms with Crippen LogP contribution in [0.1, 0.15) is 20.8 Å². The van der Waals surface area contributed by atoms with E-state index in [-0.39, 0.29) is 11.5 Å². The Balaban J connectivity index is 2.71. The zero-order valence-corrected chi connectivity index (χ0v) is 10.2. The number of hydrogen-bond donors (Lipinski definition) is 1. The van der Waals surface area contributed by atoms with Gasteiger partial charge < -0.3 is 10.5 Å². The van der Waals surface area contributed by atoms with Crippen molar-refractivity contribution >= 4 is 11.6 Å². The first-order chi connectivity index (χ1) is 6.93. The largest absolute Gasteiger partial charge is 0.489 e. The van der Waals surface area contributed by atoms with Gasteiger partial charge in [0.2, 0.25) is 0 Å². The second-order valence-electron chi connectivity index (χ2n) is 4.66. The van der Waals surface area contributed by atoms with E-state index < -0.39 is 0 Å². The number of halogens is 1. The third-order valence-electron chi connectivity index (χ3n) is 2.27. The summed E-state index contributed by atoms with van der Waals surface area (Å²) in [6.07, 6.45) is 0.0127. The number of nitrogens with two attached hydrogens (primary N) is 1. The van der Waals surface area contributed by atoms with Crippen molar-refractivity contribution in [2.24, 2.45) is 11.1 Å². The van der Waals surface area contributed by atoms with Crippen LogP contribution in [0.2, 0.25) is 5.02 Å². The minimum atomic E-state index is 0.0127. The predicted molar refractivity (Wildman–Crippen MR) is 64.4 cm³/mol. The van der Waals surface area contributed by atoms with Crippen LogP contribution in [-0.2, 0) is 0 Å². The predicted octanol–water partition coefficient (Wildman–Crippen LogP) is 3.09. The highest BCUT2D eigenvalue weighted by Crippen LogP contribution is 2.25. The average molecular weight is 228 g/mol. The van der Waals surface area contributed by atoms with Gasteiger partial charge in [-0.15, -0.1) is 0 Å². The second-order valence-corrected chi connectivity index (χ2v) is 5.10. The minimum Gasteiger partial charge on any atom is -0.489 e. The van der Waals surface area contributed by atoms with E-state index in [0.717, 1.165) is 5.75 Å². The van der Waals surface area contributed by atoms with Crippen molar-refractivity contribution < 1.29 is 4.74 Å². The fraction of sp³-hybridized carbons (Fsp3) is 0.500. The average Bonchev–Trinajstić information content (AvgIpc) is 2.15. The molecule has 84 valence electrons. The maximum atomic E-state index is 5.80. The Bertz CT molecular complexity index is 302. The molecule has 1 aromatic rings. The number of hydrogen-bond acceptors (Lipinski definition) is 2. The summed E-state index contributed by atoms with van der Waals surface area (Å²) >= 11 is 5.79. The molecule has 2 N–H and O–H groups in total. The fourth-order valence-corrected chi connectivity index (χ4v) is 1.38. The molecule has 0 radical (unpaired) electrons. The van der Waals surface area contributed by atoms with Gasteiger partial charge in [-0.2, -0.15) is 0 Å². The molecule has 0 aliphatic carbocycles. The molecule has 1 aromatic carbocycles. The first-order valence-electron chi connectivity index (χ1n) is 5.06. The van der Waals surface area contributed by atoms with E-state index in [1.165, 1.54) is 0 Å². The summed E-state index contributed by atoms with van der Waals surface area (Å²) in [5, 5.41) is 0.711. The third-order valence-corrected chi connectivity index (χ3v) is 2.52. The maximum absolute atomic E-state index is 5.80. The summed E-state index contributed by atoms with van der Waals surface area (Å²) in [7, 11) is 0. The molecule has 1 rings (SSSR count). The van der Waals surface area contributed by atoms with Crippen molar-refractivity contribution in [2.45, 2.75) is 26.9 Å². The molecule has 1 unspecified atom stereocenters. The molecule has 2 nitrogen and oxygen atoms in total. The van der Waals surface area contributed by atoms with Crippen LogP contribution in [-0.4, -0.2) is 12.6 Å². The quantitative estimate of drug-likeness (QED) is 0.862. The summed E-state index contributed by atoms with van der Waals surface area (Å²) in [5.41, 5.74) is 5.72. The SMILES string of the molecule is CC(C)(C)C(CN)Oc1ccc(Cl)cc1. The summed E-state index contributed by atoms with van der Waals surface area (Å²) in [6, 6.07) is 7.34. The second kappa shape index (κ2) is 4.86. The van der Waals surface area contributed by atoms with Crippen molar-refractivity contribution in [1.82, 2.24) is 0 Å². The number of rotatable bonds is 3. The van der Waals surface area contributed by atoms with Gasteiger partial charge >= 0.3 is 0 Å². The topological polar surface area (TPSA) is 35.2 Å². The normalized spacial score (nSPS) is 13.7. The molecule has 0 amide bonds. The molecule has 0 fully saturated rings. The van der Waals surface area contributed by atoms with Gasteiger partial charge in [-0.05, 0) is 24.3 Å². The Kier molecular flexibility index (Phi) is 4.00. The molecule has 0 saturated heterocycles. The molecule has 0 aliphatic heterocycles. The molecule has 15 heavy (non-hydrogen) atoms. The van der Waals surface area contributed by atoms with E-state index >= 15 is 0 Å². The van der Waals surface area contributed by atoms with Crippen LogP contribution in [0.5, 0.6) is 5.75 Å². The molecule has 0 aromatic heterocycles. The van der Waals surface area contributed by atoms with Gasteiger partial charge in [0, 0.05) is 17.0 Å². The van der Waals surface area contributed by atoms with Crippen LogP contribution in [0.4, 0.5) is 0 Å². The fourth-order valence-electron chi connectivity index (χ4n) is 1.26. The van der Waals surface area contributed by atoms with Crippen LogP contribution in [0.15, 0.2) is 24.3 Å². The highest BCUT2D eigenvalue weighted by atomic mass is 35.5. The first kappa shape index (κ1) is 12.3.